The molecule has 0 radical (unpaired) electrons. The molecule has 1 atom stereocenters. The molecule has 0 fully saturated rings. The maximum Gasteiger partial charge on any atom is 0.324 e. The average molecular weight is 299 g/mol. The molecule has 0 saturated carbocycles. The fourth-order valence-corrected chi connectivity index (χ4v) is 2.44. The van der Waals surface area contributed by atoms with Gasteiger partial charge in [-0.15, -0.1) is 0 Å². The zero-order valence-electron chi connectivity index (χ0n) is 12.2. The number of benzene rings is 1. The van der Waals surface area contributed by atoms with Crippen LogP contribution in [0.15, 0.2) is 30.3 Å². The molecule has 0 aliphatic heterocycles. The van der Waals surface area contributed by atoms with Crippen molar-refractivity contribution in [3.63, 3.8) is 0 Å². The minimum atomic E-state index is -3.62. The molecular formula is C14H21NO4S. The SMILES string of the molecule is COC(=O)[C@H](Cc1ccccc1)NS(=O)(=O)C(C)(C)C. The molecule has 0 saturated heterocycles. The first-order valence-corrected chi connectivity index (χ1v) is 7.79. The largest absolute Gasteiger partial charge is 0.468 e. The number of rotatable bonds is 5. The number of ether oxygens (including phenoxy) is 1. The van der Waals surface area contributed by atoms with Crippen molar-refractivity contribution in [2.45, 2.75) is 38.0 Å². The summed E-state index contributed by atoms with van der Waals surface area (Å²) in [5.74, 6) is -0.596. The minimum Gasteiger partial charge on any atom is -0.468 e. The molecule has 0 spiro atoms. The van der Waals surface area contributed by atoms with Crippen LogP contribution in [0, 0.1) is 0 Å². The van der Waals surface area contributed by atoms with Gasteiger partial charge in [-0.3, -0.25) is 4.79 Å². The highest BCUT2D eigenvalue weighted by Crippen LogP contribution is 2.15. The third kappa shape index (κ3) is 4.31. The molecule has 0 heterocycles. The lowest BCUT2D eigenvalue weighted by Gasteiger charge is -2.24. The zero-order valence-corrected chi connectivity index (χ0v) is 13.0. The Kier molecular flexibility index (Phi) is 5.30. The predicted octanol–water partition coefficient (Wildman–Crippen LogP) is 1.49. The van der Waals surface area contributed by atoms with E-state index in [4.69, 9.17) is 0 Å². The third-order valence-corrected chi connectivity index (χ3v) is 5.08. The monoisotopic (exact) mass is 299 g/mol. The van der Waals surface area contributed by atoms with E-state index in [9.17, 15) is 13.2 Å². The van der Waals surface area contributed by atoms with Crippen molar-refractivity contribution < 1.29 is 17.9 Å². The van der Waals surface area contributed by atoms with Crippen molar-refractivity contribution in [1.29, 1.82) is 0 Å². The Morgan fingerprint density at radius 2 is 1.80 bits per heavy atom. The summed E-state index contributed by atoms with van der Waals surface area (Å²) in [6.45, 7) is 4.73. The van der Waals surface area contributed by atoms with Crippen molar-refractivity contribution in [3.8, 4) is 0 Å². The number of carbonyl (C=O) groups is 1. The molecule has 0 bridgehead atoms. The fraction of sp³-hybridized carbons (Fsp3) is 0.500. The number of nitrogens with one attached hydrogen (secondary N) is 1. The van der Waals surface area contributed by atoms with Crippen LogP contribution in [-0.2, 0) is 26.0 Å². The summed E-state index contributed by atoms with van der Waals surface area (Å²) in [6.07, 6.45) is 0.253. The van der Waals surface area contributed by atoms with Gasteiger partial charge in [-0.1, -0.05) is 30.3 Å². The van der Waals surface area contributed by atoms with Gasteiger partial charge in [0.2, 0.25) is 10.0 Å². The Balaban J connectivity index is 2.95. The molecule has 0 aromatic heterocycles. The summed E-state index contributed by atoms with van der Waals surface area (Å²) in [4.78, 5) is 11.8. The highest BCUT2D eigenvalue weighted by atomic mass is 32.2. The normalized spacial score (nSPS) is 13.8. The maximum absolute atomic E-state index is 12.2. The molecule has 0 unspecified atom stereocenters. The van der Waals surface area contributed by atoms with Gasteiger partial charge in [-0.25, -0.2) is 13.1 Å². The molecule has 1 aromatic rings. The minimum absolute atomic E-state index is 0.253. The van der Waals surface area contributed by atoms with Crippen LogP contribution >= 0.6 is 0 Å². The molecule has 112 valence electrons. The number of esters is 1. The lowest BCUT2D eigenvalue weighted by Crippen LogP contribution is -2.49. The van der Waals surface area contributed by atoms with Crippen molar-refractivity contribution >= 4 is 16.0 Å². The lowest BCUT2D eigenvalue weighted by molar-refractivity contribution is -0.142. The van der Waals surface area contributed by atoms with E-state index in [1.807, 2.05) is 30.3 Å². The Bertz CT molecular complexity index is 546. The van der Waals surface area contributed by atoms with Crippen molar-refractivity contribution in [1.82, 2.24) is 4.72 Å². The van der Waals surface area contributed by atoms with Crippen LogP contribution in [0.2, 0.25) is 0 Å². The smallest absolute Gasteiger partial charge is 0.324 e. The molecule has 6 heteroatoms. The van der Waals surface area contributed by atoms with E-state index in [0.717, 1.165) is 5.56 Å². The third-order valence-electron chi connectivity index (χ3n) is 2.87. The average Bonchev–Trinajstić information content (AvgIpc) is 2.36. The van der Waals surface area contributed by atoms with Crippen molar-refractivity contribution in [3.05, 3.63) is 35.9 Å². The van der Waals surface area contributed by atoms with E-state index in [0.29, 0.717) is 0 Å². The van der Waals surface area contributed by atoms with Gasteiger partial charge in [0.15, 0.2) is 0 Å². The molecule has 1 rings (SSSR count). The van der Waals surface area contributed by atoms with Crippen LogP contribution in [0.1, 0.15) is 26.3 Å². The van der Waals surface area contributed by atoms with E-state index >= 15 is 0 Å². The summed E-state index contributed by atoms with van der Waals surface area (Å²) < 4.78 is 30.4. The van der Waals surface area contributed by atoms with Crippen LogP contribution in [0.4, 0.5) is 0 Å². The summed E-state index contributed by atoms with van der Waals surface area (Å²) >= 11 is 0. The first kappa shape index (κ1) is 16.7. The second-order valence-electron chi connectivity index (χ2n) is 5.50. The zero-order chi connectivity index (χ0) is 15.4. The second kappa shape index (κ2) is 6.37. The van der Waals surface area contributed by atoms with Crippen LogP contribution < -0.4 is 4.72 Å². The molecule has 1 N–H and O–H groups in total. The number of hydrogen-bond acceptors (Lipinski definition) is 4. The summed E-state index contributed by atoms with van der Waals surface area (Å²) in [7, 11) is -2.38. The van der Waals surface area contributed by atoms with Gasteiger partial charge in [0.25, 0.3) is 0 Å². The van der Waals surface area contributed by atoms with E-state index < -0.39 is 26.8 Å². The van der Waals surface area contributed by atoms with Gasteiger partial charge in [0.05, 0.1) is 11.9 Å². The molecule has 0 aliphatic carbocycles. The van der Waals surface area contributed by atoms with Gasteiger partial charge in [0.1, 0.15) is 6.04 Å². The molecule has 0 aliphatic rings. The molecular weight excluding hydrogens is 278 g/mol. The molecule has 1 aromatic carbocycles. The highest BCUT2D eigenvalue weighted by Gasteiger charge is 2.34. The second-order valence-corrected chi connectivity index (χ2v) is 7.97. The Morgan fingerprint density at radius 1 is 1.25 bits per heavy atom. The van der Waals surface area contributed by atoms with Crippen LogP contribution in [0.5, 0.6) is 0 Å². The number of carbonyl (C=O) groups excluding carboxylic acids is 1. The molecule has 0 amide bonds. The Labute approximate surface area is 120 Å². The predicted molar refractivity (Wildman–Crippen MR) is 77.8 cm³/mol. The summed E-state index contributed by atoms with van der Waals surface area (Å²) in [5, 5.41) is 0. The van der Waals surface area contributed by atoms with Gasteiger partial charge in [-0.05, 0) is 32.8 Å². The van der Waals surface area contributed by atoms with Gasteiger partial charge >= 0.3 is 5.97 Å². The number of hydrogen-bond donors (Lipinski definition) is 1. The number of methoxy groups -OCH3 is 1. The van der Waals surface area contributed by atoms with Crippen molar-refractivity contribution in [2.75, 3.05) is 7.11 Å². The summed E-state index contributed by atoms with van der Waals surface area (Å²) in [5.41, 5.74) is 0.861. The van der Waals surface area contributed by atoms with E-state index in [2.05, 4.69) is 9.46 Å². The van der Waals surface area contributed by atoms with Crippen LogP contribution in [0.25, 0.3) is 0 Å². The van der Waals surface area contributed by atoms with Crippen molar-refractivity contribution in [2.24, 2.45) is 0 Å². The Morgan fingerprint density at radius 3 is 2.25 bits per heavy atom. The van der Waals surface area contributed by atoms with E-state index in [-0.39, 0.29) is 6.42 Å². The topological polar surface area (TPSA) is 72.5 Å². The standard InChI is InChI=1S/C14H21NO4S/c1-14(2,3)20(17,18)15-12(13(16)19-4)10-11-8-6-5-7-9-11/h5-9,12,15H,10H2,1-4H3/t12-/m0/s1. The quantitative estimate of drug-likeness (QED) is 0.836. The van der Waals surface area contributed by atoms with Gasteiger partial charge < -0.3 is 4.74 Å². The van der Waals surface area contributed by atoms with E-state index in [1.165, 1.54) is 7.11 Å². The fourth-order valence-electron chi connectivity index (χ4n) is 1.53. The lowest BCUT2D eigenvalue weighted by atomic mass is 10.1. The summed E-state index contributed by atoms with van der Waals surface area (Å²) in [6, 6.07) is 8.27. The first-order chi connectivity index (χ1) is 9.17. The van der Waals surface area contributed by atoms with Crippen LogP contribution in [-0.4, -0.2) is 32.3 Å². The number of sulfonamides is 1. The highest BCUT2D eigenvalue weighted by molar-refractivity contribution is 7.90. The van der Waals surface area contributed by atoms with Gasteiger partial charge in [0, 0.05) is 0 Å². The Hall–Kier alpha value is -1.40. The van der Waals surface area contributed by atoms with E-state index in [1.54, 1.807) is 20.8 Å². The van der Waals surface area contributed by atoms with Crippen LogP contribution in [0.3, 0.4) is 0 Å². The maximum atomic E-state index is 12.2. The van der Waals surface area contributed by atoms with Gasteiger partial charge in [-0.2, -0.15) is 0 Å². The first-order valence-electron chi connectivity index (χ1n) is 6.31. The molecule has 20 heavy (non-hydrogen) atoms. The molecule has 5 nitrogen and oxygen atoms in total.